The van der Waals surface area contributed by atoms with E-state index in [2.05, 4.69) is 15.3 Å². The Morgan fingerprint density at radius 3 is 2.81 bits per heavy atom. The first-order valence-corrected chi connectivity index (χ1v) is 7.83. The summed E-state index contributed by atoms with van der Waals surface area (Å²) in [5, 5.41) is 7.44. The largest absolute Gasteiger partial charge is 0.328 e. The highest BCUT2D eigenvalue weighted by molar-refractivity contribution is 5.93. The third kappa shape index (κ3) is 4.04. The van der Waals surface area contributed by atoms with Gasteiger partial charge in [-0.1, -0.05) is 0 Å². The molecule has 1 aliphatic heterocycles. The molecule has 0 saturated carbocycles. The molecule has 3 N–H and O–H groups in total. The molecule has 0 bridgehead atoms. The molecule has 118 valence electrons. The van der Waals surface area contributed by atoms with E-state index in [1.165, 1.54) is 0 Å². The summed E-state index contributed by atoms with van der Waals surface area (Å²) in [5.74, 6) is 0.0346. The van der Waals surface area contributed by atoms with Crippen molar-refractivity contribution in [2.75, 3.05) is 25.0 Å². The smallest absolute Gasteiger partial charge is 0.238 e. The first-order valence-electron chi connectivity index (χ1n) is 7.83. The van der Waals surface area contributed by atoms with E-state index < -0.39 is 0 Å². The quantitative estimate of drug-likeness (QED) is 0.876. The molecule has 1 aromatic heterocycles. The lowest BCUT2D eigenvalue weighted by Gasteiger charge is -2.19. The fourth-order valence-corrected chi connectivity index (χ4v) is 2.91. The van der Waals surface area contributed by atoms with Crippen molar-refractivity contribution >= 4 is 11.6 Å². The number of nitrogens with zero attached hydrogens (tertiary/aromatic N) is 3. The Bertz CT molecular complexity index is 496. The van der Waals surface area contributed by atoms with E-state index in [1.54, 1.807) is 0 Å². The fourth-order valence-electron chi connectivity index (χ4n) is 2.91. The van der Waals surface area contributed by atoms with Crippen LogP contribution >= 0.6 is 0 Å². The summed E-state index contributed by atoms with van der Waals surface area (Å²) in [6.07, 6.45) is 3.10. The molecule has 1 fully saturated rings. The Hall–Kier alpha value is -1.40. The second kappa shape index (κ2) is 7.04. The highest BCUT2D eigenvalue weighted by Crippen LogP contribution is 2.19. The van der Waals surface area contributed by atoms with E-state index in [0.717, 1.165) is 56.0 Å². The highest BCUT2D eigenvalue weighted by atomic mass is 16.2. The van der Waals surface area contributed by atoms with Crippen molar-refractivity contribution in [1.29, 1.82) is 0 Å². The van der Waals surface area contributed by atoms with Gasteiger partial charge in [0.15, 0.2) is 0 Å². The number of aryl methyl sites for hydroxylation is 2. The Kier molecular flexibility index (Phi) is 5.36. The van der Waals surface area contributed by atoms with Crippen LogP contribution in [0.3, 0.4) is 0 Å². The molecule has 6 nitrogen and oxygen atoms in total. The van der Waals surface area contributed by atoms with Gasteiger partial charge in [0, 0.05) is 19.1 Å². The molecule has 0 spiro atoms. The van der Waals surface area contributed by atoms with Crippen LogP contribution in [0.4, 0.5) is 5.69 Å². The summed E-state index contributed by atoms with van der Waals surface area (Å²) in [5.41, 5.74) is 8.72. The van der Waals surface area contributed by atoms with Gasteiger partial charge in [-0.2, -0.15) is 5.10 Å². The molecule has 6 heteroatoms. The predicted molar refractivity (Wildman–Crippen MR) is 84.3 cm³/mol. The molecule has 1 amide bonds. The molecule has 1 atom stereocenters. The first-order chi connectivity index (χ1) is 10.0. The number of amides is 1. The van der Waals surface area contributed by atoms with Crippen LogP contribution in [0.5, 0.6) is 0 Å². The summed E-state index contributed by atoms with van der Waals surface area (Å²) in [6, 6.07) is 0.283. The third-order valence-electron chi connectivity index (χ3n) is 4.18. The Balaban J connectivity index is 1.94. The van der Waals surface area contributed by atoms with Crippen LogP contribution in [-0.2, 0) is 11.3 Å². The summed E-state index contributed by atoms with van der Waals surface area (Å²) in [4.78, 5) is 14.4. The van der Waals surface area contributed by atoms with Crippen LogP contribution in [0.25, 0.3) is 0 Å². The number of aromatic nitrogens is 2. The van der Waals surface area contributed by atoms with Gasteiger partial charge in [0.05, 0.1) is 23.6 Å². The van der Waals surface area contributed by atoms with E-state index in [1.807, 2.05) is 25.5 Å². The van der Waals surface area contributed by atoms with Gasteiger partial charge in [-0.15, -0.1) is 0 Å². The van der Waals surface area contributed by atoms with Crippen molar-refractivity contribution in [2.24, 2.45) is 5.73 Å². The molecule has 1 aromatic rings. The summed E-state index contributed by atoms with van der Waals surface area (Å²) >= 11 is 0. The molecule has 21 heavy (non-hydrogen) atoms. The number of carbonyl (C=O) groups excluding carboxylic acids is 1. The zero-order chi connectivity index (χ0) is 15.4. The number of hydrogen-bond donors (Lipinski definition) is 2. The van der Waals surface area contributed by atoms with Gasteiger partial charge in [-0.25, -0.2) is 0 Å². The zero-order valence-electron chi connectivity index (χ0n) is 13.4. The molecule has 2 rings (SSSR count). The van der Waals surface area contributed by atoms with Gasteiger partial charge in [0.2, 0.25) is 5.91 Å². The minimum absolute atomic E-state index is 0.0346. The molecular formula is C15H27N5O. The van der Waals surface area contributed by atoms with Crippen molar-refractivity contribution in [1.82, 2.24) is 14.7 Å². The maximum Gasteiger partial charge on any atom is 0.238 e. The monoisotopic (exact) mass is 293 g/mol. The maximum absolute atomic E-state index is 12.3. The van der Waals surface area contributed by atoms with Gasteiger partial charge in [0.1, 0.15) is 0 Å². The Morgan fingerprint density at radius 2 is 2.14 bits per heavy atom. The number of rotatable bonds is 4. The first kappa shape index (κ1) is 16.0. The lowest BCUT2D eigenvalue weighted by atomic mass is 10.1. The standard InChI is InChI=1S/C15H27N5O/c1-4-20-12(3)15(11(2)18-20)17-14(21)10-19-8-5-6-13(16)7-9-19/h13H,4-10,16H2,1-3H3,(H,17,21)/t13-/m0/s1. The van der Waals surface area contributed by atoms with Crippen molar-refractivity contribution in [3.8, 4) is 0 Å². The lowest BCUT2D eigenvalue weighted by molar-refractivity contribution is -0.117. The molecule has 0 aromatic carbocycles. The molecule has 0 unspecified atom stereocenters. The number of nitrogens with one attached hydrogen (secondary N) is 1. The van der Waals surface area contributed by atoms with Gasteiger partial charge in [-0.3, -0.25) is 14.4 Å². The van der Waals surface area contributed by atoms with Gasteiger partial charge in [-0.05, 0) is 46.6 Å². The van der Waals surface area contributed by atoms with Crippen LogP contribution in [0.15, 0.2) is 0 Å². The molecule has 1 aliphatic rings. The molecule has 0 radical (unpaired) electrons. The Labute approximate surface area is 126 Å². The number of hydrogen-bond acceptors (Lipinski definition) is 4. The van der Waals surface area contributed by atoms with Gasteiger partial charge in [0.25, 0.3) is 0 Å². The van der Waals surface area contributed by atoms with Crippen molar-refractivity contribution < 1.29 is 4.79 Å². The van der Waals surface area contributed by atoms with Crippen LogP contribution in [-0.4, -0.2) is 46.3 Å². The SMILES string of the molecule is CCn1nc(C)c(NC(=O)CN2CCC[C@H](N)CC2)c1C. The minimum Gasteiger partial charge on any atom is -0.328 e. The molecular weight excluding hydrogens is 266 g/mol. The summed E-state index contributed by atoms with van der Waals surface area (Å²) < 4.78 is 1.91. The molecule has 2 heterocycles. The second-order valence-electron chi connectivity index (χ2n) is 5.88. The third-order valence-corrected chi connectivity index (χ3v) is 4.18. The summed E-state index contributed by atoms with van der Waals surface area (Å²) in [7, 11) is 0. The maximum atomic E-state index is 12.3. The second-order valence-corrected chi connectivity index (χ2v) is 5.88. The average Bonchev–Trinajstić information content (AvgIpc) is 2.61. The fraction of sp³-hybridized carbons (Fsp3) is 0.733. The number of anilines is 1. The highest BCUT2D eigenvalue weighted by Gasteiger charge is 2.18. The molecule has 1 saturated heterocycles. The average molecular weight is 293 g/mol. The zero-order valence-corrected chi connectivity index (χ0v) is 13.4. The van der Waals surface area contributed by atoms with Crippen LogP contribution in [0.1, 0.15) is 37.6 Å². The molecule has 0 aliphatic carbocycles. The van der Waals surface area contributed by atoms with Crippen molar-refractivity contribution in [2.45, 2.75) is 52.6 Å². The topological polar surface area (TPSA) is 76.2 Å². The number of likely N-dealkylation sites (tertiary alicyclic amines) is 1. The van der Waals surface area contributed by atoms with E-state index in [4.69, 9.17) is 5.73 Å². The van der Waals surface area contributed by atoms with Crippen LogP contribution in [0.2, 0.25) is 0 Å². The van der Waals surface area contributed by atoms with Crippen molar-refractivity contribution in [3.05, 3.63) is 11.4 Å². The van der Waals surface area contributed by atoms with Crippen LogP contribution < -0.4 is 11.1 Å². The predicted octanol–water partition coefficient (Wildman–Crippen LogP) is 1.27. The summed E-state index contributed by atoms with van der Waals surface area (Å²) in [6.45, 7) is 9.07. The lowest BCUT2D eigenvalue weighted by Crippen LogP contribution is -2.34. The normalized spacial score (nSPS) is 20.3. The van der Waals surface area contributed by atoms with Crippen LogP contribution in [0, 0.1) is 13.8 Å². The Morgan fingerprint density at radius 1 is 1.38 bits per heavy atom. The van der Waals surface area contributed by atoms with E-state index in [9.17, 15) is 4.79 Å². The number of nitrogens with two attached hydrogens (primary N) is 1. The number of carbonyl (C=O) groups is 1. The van der Waals surface area contributed by atoms with E-state index >= 15 is 0 Å². The van der Waals surface area contributed by atoms with E-state index in [0.29, 0.717) is 6.54 Å². The van der Waals surface area contributed by atoms with Gasteiger partial charge >= 0.3 is 0 Å². The van der Waals surface area contributed by atoms with E-state index in [-0.39, 0.29) is 11.9 Å². The van der Waals surface area contributed by atoms with Crippen molar-refractivity contribution in [3.63, 3.8) is 0 Å². The minimum atomic E-state index is 0.0346. The van der Waals surface area contributed by atoms with Gasteiger partial charge < -0.3 is 11.1 Å².